The average Bonchev–Trinajstić information content (AvgIpc) is 3.58. The Balaban J connectivity index is 1.18. The topological polar surface area (TPSA) is 38.7 Å². The summed E-state index contributed by atoms with van der Waals surface area (Å²) in [6.45, 7) is 34.0. The van der Waals surface area contributed by atoms with Gasteiger partial charge in [0, 0.05) is 45.5 Å². The Morgan fingerprint density at radius 2 is 0.595 bits per heavy atom. The number of para-hydroxylation sites is 2. The minimum absolute atomic E-state index is 0.00577. The van der Waals surface area contributed by atoms with Crippen LogP contribution in [0.25, 0.3) is 0 Å². The van der Waals surface area contributed by atoms with Crippen molar-refractivity contribution in [3.63, 3.8) is 0 Å². The summed E-state index contributed by atoms with van der Waals surface area (Å²) < 4.78 is 0. The SMILES string of the molecule is CC(C)(C)c1ccc(N(c2ccc(C(C)(C)C)cc2)c2ccc3c(n2)N(c2ccccc2)c2cc(C(C)(C)C)cc4c2B3c2ccc(N(c3ccc(C(C)(C)C)cc3)c3ccc(C(C)(C)C)cc3)nc2N4c2ccccc2)cc1. The molecule has 0 N–H and O–H groups in total. The van der Waals surface area contributed by atoms with Crippen molar-refractivity contribution >= 4 is 91.9 Å². The normalized spacial score (nSPS) is 13.4. The molecule has 0 atom stereocenters. The lowest BCUT2D eigenvalue weighted by Gasteiger charge is -2.44. The summed E-state index contributed by atoms with van der Waals surface area (Å²) in [5.74, 6) is 3.46. The Bertz CT molecular complexity index is 3320. The molecule has 0 fully saturated rings. The Morgan fingerprint density at radius 3 is 0.861 bits per heavy atom. The monoisotopic (exact) mass is 1040 g/mol. The molecular formula is C72H77BN6. The van der Waals surface area contributed by atoms with Crippen molar-refractivity contribution in [2.45, 2.75) is 131 Å². The third-order valence-corrected chi connectivity index (χ3v) is 16.1. The van der Waals surface area contributed by atoms with Crippen molar-refractivity contribution in [3.8, 4) is 0 Å². The van der Waals surface area contributed by atoms with E-state index < -0.39 is 0 Å². The Kier molecular flexibility index (Phi) is 13.1. The Morgan fingerprint density at radius 1 is 0.316 bits per heavy atom. The van der Waals surface area contributed by atoms with E-state index in [9.17, 15) is 0 Å². The fourth-order valence-corrected chi connectivity index (χ4v) is 11.3. The predicted molar refractivity (Wildman–Crippen MR) is 339 cm³/mol. The van der Waals surface area contributed by atoms with E-state index in [1.54, 1.807) is 0 Å². The number of fused-ring (bicyclic) bond motifs is 4. The van der Waals surface area contributed by atoms with E-state index in [0.717, 1.165) is 79.7 Å². The van der Waals surface area contributed by atoms with Gasteiger partial charge in [0.05, 0.1) is 0 Å². The van der Waals surface area contributed by atoms with Crippen LogP contribution in [0, 0.1) is 0 Å². The van der Waals surface area contributed by atoms with Crippen molar-refractivity contribution in [1.82, 2.24) is 9.97 Å². The van der Waals surface area contributed by atoms with Crippen LogP contribution in [0.5, 0.6) is 0 Å². The maximum absolute atomic E-state index is 5.94. The standard InChI is InChI=1S/C72H77BN6/c1-68(2,3)48-26-34-55(35-27-48)76(56-36-28-49(29-37-56)69(4,5)6)63-44-42-59-66(74-63)78(53-22-18-16-19-23-53)61-46-52(72(13,14)15)47-62-65(61)73(59)60-43-45-64(75-67(60)79(62)54-24-20-17-21-25-54)77(57-38-30-50(31-39-57)70(7,8)9)58-40-32-51(33-41-58)71(10,11)12/h16-47H,1-15H3. The van der Waals surface area contributed by atoms with Crippen LogP contribution in [-0.2, 0) is 27.1 Å². The highest BCUT2D eigenvalue weighted by atomic mass is 15.3. The van der Waals surface area contributed by atoms with Gasteiger partial charge in [0.15, 0.2) is 0 Å². The third-order valence-electron chi connectivity index (χ3n) is 16.1. The zero-order valence-electron chi connectivity index (χ0n) is 49.2. The number of hydrogen-bond acceptors (Lipinski definition) is 6. The van der Waals surface area contributed by atoms with Gasteiger partial charge in [-0.05, 0) is 168 Å². The van der Waals surface area contributed by atoms with Crippen LogP contribution in [0.4, 0.5) is 68.8 Å². The van der Waals surface area contributed by atoms with Gasteiger partial charge in [-0.2, -0.15) is 0 Å². The number of nitrogens with zero attached hydrogens (tertiary/aromatic N) is 6. The smallest absolute Gasteiger partial charge is 0.256 e. The molecule has 398 valence electrons. The van der Waals surface area contributed by atoms with Crippen molar-refractivity contribution < 1.29 is 0 Å². The number of rotatable bonds is 8. The van der Waals surface area contributed by atoms with Crippen molar-refractivity contribution in [2.24, 2.45) is 0 Å². The van der Waals surface area contributed by atoms with E-state index in [4.69, 9.17) is 9.97 Å². The molecule has 7 aromatic carbocycles. The number of aromatic nitrogens is 2. The van der Waals surface area contributed by atoms with E-state index in [0.29, 0.717) is 0 Å². The van der Waals surface area contributed by atoms with Crippen molar-refractivity contribution in [1.29, 1.82) is 0 Å². The van der Waals surface area contributed by atoms with Gasteiger partial charge in [-0.1, -0.05) is 201 Å². The summed E-state index contributed by atoms with van der Waals surface area (Å²) in [4.78, 5) is 21.4. The first kappa shape index (κ1) is 53.1. The fourth-order valence-electron chi connectivity index (χ4n) is 11.3. The number of pyridine rings is 2. The third kappa shape index (κ3) is 10.0. The summed E-state index contributed by atoms with van der Waals surface area (Å²) in [7, 11) is 0. The molecule has 9 aromatic rings. The lowest BCUT2D eigenvalue weighted by Crippen LogP contribution is -2.62. The van der Waals surface area contributed by atoms with Crippen LogP contribution < -0.4 is 36.0 Å². The molecule has 0 aliphatic carbocycles. The Hall–Kier alpha value is -7.90. The number of anilines is 12. The molecule has 7 heteroatoms. The van der Waals surface area contributed by atoms with Gasteiger partial charge < -0.3 is 0 Å². The van der Waals surface area contributed by atoms with E-state index in [-0.39, 0.29) is 33.8 Å². The van der Waals surface area contributed by atoms with Gasteiger partial charge >= 0.3 is 0 Å². The molecule has 2 aromatic heterocycles. The molecule has 0 bridgehead atoms. The quantitative estimate of drug-likeness (QED) is 0.141. The van der Waals surface area contributed by atoms with Crippen molar-refractivity contribution in [2.75, 3.05) is 19.6 Å². The summed E-state index contributed by atoms with van der Waals surface area (Å²) >= 11 is 0. The highest BCUT2D eigenvalue weighted by Crippen LogP contribution is 2.48. The molecule has 2 aliphatic rings. The summed E-state index contributed by atoms with van der Waals surface area (Å²) in [5.41, 5.74) is 18.2. The van der Waals surface area contributed by atoms with Crippen LogP contribution in [-0.4, -0.2) is 16.7 Å². The summed E-state index contributed by atoms with van der Waals surface area (Å²) in [6.07, 6.45) is 0. The maximum Gasteiger partial charge on any atom is 0.256 e. The lowest BCUT2D eigenvalue weighted by molar-refractivity contribution is 0.590. The van der Waals surface area contributed by atoms with Crippen LogP contribution in [0.15, 0.2) is 194 Å². The summed E-state index contributed by atoms with van der Waals surface area (Å²) in [5, 5.41) is 0. The molecule has 0 radical (unpaired) electrons. The van der Waals surface area contributed by atoms with E-state index in [2.05, 4.69) is 318 Å². The molecule has 0 spiro atoms. The van der Waals surface area contributed by atoms with Gasteiger partial charge in [0.25, 0.3) is 6.71 Å². The second-order valence-electron chi connectivity index (χ2n) is 27.0. The maximum atomic E-state index is 5.94. The molecular weight excluding hydrogens is 960 g/mol. The highest BCUT2D eigenvalue weighted by Gasteiger charge is 2.46. The van der Waals surface area contributed by atoms with Crippen LogP contribution in [0.1, 0.15) is 132 Å². The van der Waals surface area contributed by atoms with E-state index in [1.165, 1.54) is 33.3 Å². The molecule has 0 saturated heterocycles. The van der Waals surface area contributed by atoms with Gasteiger partial charge in [-0.15, -0.1) is 0 Å². The molecule has 2 aliphatic heterocycles. The average molecular weight is 1040 g/mol. The molecule has 4 heterocycles. The zero-order valence-corrected chi connectivity index (χ0v) is 49.2. The zero-order chi connectivity index (χ0) is 56.0. The minimum Gasteiger partial charge on any atom is -0.296 e. The second kappa shape index (κ2) is 19.5. The largest absolute Gasteiger partial charge is 0.296 e. The first-order chi connectivity index (χ1) is 37.3. The molecule has 0 amide bonds. The minimum atomic E-state index is -0.207. The predicted octanol–water partition coefficient (Wildman–Crippen LogP) is 18.0. The number of benzene rings is 7. The molecule has 0 unspecified atom stereocenters. The van der Waals surface area contributed by atoms with E-state index in [1.807, 2.05) is 0 Å². The molecule has 6 nitrogen and oxygen atoms in total. The number of hydrogen-bond donors (Lipinski definition) is 0. The second-order valence-corrected chi connectivity index (χ2v) is 27.0. The first-order valence-corrected chi connectivity index (χ1v) is 28.3. The first-order valence-electron chi connectivity index (χ1n) is 28.3. The fraction of sp³-hybridized carbons (Fsp3) is 0.278. The van der Waals surface area contributed by atoms with Gasteiger partial charge in [-0.25, -0.2) is 9.97 Å². The van der Waals surface area contributed by atoms with Gasteiger partial charge in [-0.3, -0.25) is 19.6 Å². The molecule has 11 rings (SSSR count). The Labute approximate surface area is 471 Å². The van der Waals surface area contributed by atoms with Crippen LogP contribution >= 0.6 is 0 Å². The van der Waals surface area contributed by atoms with Crippen LogP contribution in [0.2, 0.25) is 0 Å². The van der Waals surface area contributed by atoms with Gasteiger partial charge in [0.2, 0.25) is 0 Å². The van der Waals surface area contributed by atoms with Crippen molar-refractivity contribution in [3.05, 3.63) is 222 Å². The molecule has 79 heavy (non-hydrogen) atoms. The van der Waals surface area contributed by atoms with Gasteiger partial charge in [0.1, 0.15) is 23.3 Å². The van der Waals surface area contributed by atoms with Crippen LogP contribution in [0.3, 0.4) is 0 Å². The highest BCUT2D eigenvalue weighted by molar-refractivity contribution is 7.00. The lowest BCUT2D eigenvalue weighted by atomic mass is 9.34. The van der Waals surface area contributed by atoms with E-state index >= 15 is 0 Å². The molecule has 0 saturated carbocycles. The summed E-state index contributed by atoms with van der Waals surface area (Å²) in [6, 6.07) is 71.9.